The molecule has 4 nitrogen and oxygen atoms in total. The monoisotopic (exact) mass is 249 g/mol. The van der Waals surface area contributed by atoms with Gasteiger partial charge < -0.3 is 10.6 Å². The van der Waals surface area contributed by atoms with Gasteiger partial charge in [-0.05, 0) is 38.9 Å². The molecule has 1 aromatic rings. The third-order valence-corrected chi connectivity index (χ3v) is 2.63. The third-order valence-electron chi connectivity index (χ3n) is 2.63. The molecule has 0 atom stereocenters. The first-order valence-electron chi connectivity index (χ1n) is 6.46. The maximum atomic E-state index is 11.7. The number of rotatable bonds is 6. The standard InChI is InChI=1S/C14H23N3O/c1-10(2)15-9-5-6-14(18)17-13-8-7-11(3)16-12(13)4/h7-8,10,15H,5-6,9H2,1-4H3,(H,17,18). The number of aromatic nitrogens is 1. The summed E-state index contributed by atoms with van der Waals surface area (Å²) >= 11 is 0. The molecule has 1 amide bonds. The number of amides is 1. The van der Waals surface area contributed by atoms with Crippen LogP contribution in [0.5, 0.6) is 0 Å². The normalized spacial score (nSPS) is 10.7. The van der Waals surface area contributed by atoms with E-state index >= 15 is 0 Å². The third kappa shape index (κ3) is 5.27. The molecule has 0 radical (unpaired) electrons. The van der Waals surface area contributed by atoms with Crippen molar-refractivity contribution in [3.63, 3.8) is 0 Å². The van der Waals surface area contributed by atoms with E-state index in [1.54, 1.807) is 0 Å². The molecule has 0 bridgehead atoms. The average molecular weight is 249 g/mol. The highest BCUT2D eigenvalue weighted by molar-refractivity contribution is 5.91. The van der Waals surface area contributed by atoms with Gasteiger partial charge in [0.25, 0.3) is 0 Å². The van der Waals surface area contributed by atoms with Crippen LogP contribution >= 0.6 is 0 Å². The van der Waals surface area contributed by atoms with E-state index in [9.17, 15) is 4.79 Å². The van der Waals surface area contributed by atoms with Crippen LogP contribution in [0.2, 0.25) is 0 Å². The lowest BCUT2D eigenvalue weighted by molar-refractivity contribution is -0.116. The van der Waals surface area contributed by atoms with Gasteiger partial charge in [-0.15, -0.1) is 0 Å². The van der Waals surface area contributed by atoms with Crippen LogP contribution in [0, 0.1) is 13.8 Å². The second-order valence-electron chi connectivity index (χ2n) is 4.85. The van der Waals surface area contributed by atoms with Gasteiger partial charge in [0.15, 0.2) is 0 Å². The van der Waals surface area contributed by atoms with Crippen LogP contribution in [0.4, 0.5) is 5.69 Å². The van der Waals surface area contributed by atoms with Gasteiger partial charge >= 0.3 is 0 Å². The molecule has 1 aromatic heterocycles. The van der Waals surface area contributed by atoms with E-state index in [1.165, 1.54) is 0 Å². The molecule has 0 aliphatic rings. The zero-order chi connectivity index (χ0) is 13.5. The van der Waals surface area contributed by atoms with Crippen molar-refractivity contribution in [3.8, 4) is 0 Å². The van der Waals surface area contributed by atoms with Gasteiger partial charge in [0.2, 0.25) is 5.91 Å². The van der Waals surface area contributed by atoms with Crippen molar-refractivity contribution in [1.82, 2.24) is 10.3 Å². The lowest BCUT2D eigenvalue weighted by atomic mass is 10.2. The summed E-state index contributed by atoms with van der Waals surface area (Å²) in [5.41, 5.74) is 2.64. The maximum Gasteiger partial charge on any atom is 0.224 e. The molecule has 0 fully saturated rings. The first-order chi connectivity index (χ1) is 8.49. The number of hydrogen-bond donors (Lipinski definition) is 2. The van der Waals surface area contributed by atoms with E-state index in [0.717, 1.165) is 30.0 Å². The molecule has 0 saturated heterocycles. The first kappa shape index (κ1) is 14.6. The molecular weight excluding hydrogens is 226 g/mol. The van der Waals surface area contributed by atoms with Crippen molar-refractivity contribution in [3.05, 3.63) is 23.5 Å². The Bertz CT molecular complexity index is 402. The van der Waals surface area contributed by atoms with Gasteiger partial charge in [0, 0.05) is 18.2 Å². The van der Waals surface area contributed by atoms with Crippen molar-refractivity contribution in [2.75, 3.05) is 11.9 Å². The Morgan fingerprint density at radius 2 is 2.06 bits per heavy atom. The minimum atomic E-state index is 0.0503. The van der Waals surface area contributed by atoms with Gasteiger partial charge in [-0.1, -0.05) is 13.8 Å². The Hall–Kier alpha value is -1.42. The Balaban J connectivity index is 2.35. The Morgan fingerprint density at radius 3 is 2.67 bits per heavy atom. The second-order valence-corrected chi connectivity index (χ2v) is 4.85. The first-order valence-corrected chi connectivity index (χ1v) is 6.46. The highest BCUT2D eigenvalue weighted by atomic mass is 16.1. The van der Waals surface area contributed by atoms with Gasteiger partial charge in [-0.3, -0.25) is 9.78 Å². The smallest absolute Gasteiger partial charge is 0.224 e. The molecule has 1 heterocycles. The SMILES string of the molecule is Cc1ccc(NC(=O)CCCNC(C)C)c(C)n1. The fraction of sp³-hybridized carbons (Fsp3) is 0.571. The number of nitrogens with one attached hydrogen (secondary N) is 2. The van der Waals surface area contributed by atoms with Crippen molar-refractivity contribution in [2.45, 2.75) is 46.6 Å². The minimum absolute atomic E-state index is 0.0503. The maximum absolute atomic E-state index is 11.7. The lowest BCUT2D eigenvalue weighted by Crippen LogP contribution is -2.24. The summed E-state index contributed by atoms with van der Waals surface area (Å²) in [4.78, 5) is 16.0. The van der Waals surface area contributed by atoms with Crippen LogP contribution in [-0.4, -0.2) is 23.5 Å². The van der Waals surface area contributed by atoms with Gasteiger partial charge in [-0.2, -0.15) is 0 Å². The number of anilines is 1. The zero-order valence-electron chi connectivity index (χ0n) is 11.7. The summed E-state index contributed by atoms with van der Waals surface area (Å²) < 4.78 is 0. The number of aryl methyl sites for hydroxylation is 2. The van der Waals surface area contributed by atoms with Crippen LogP contribution in [-0.2, 0) is 4.79 Å². The minimum Gasteiger partial charge on any atom is -0.325 e. The number of hydrogen-bond acceptors (Lipinski definition) is 3. The van der Waals surface area contributed by atoms with Crippen molar-refractivity contribution in [2.24, 2.45) is 0 Å². The highest BCUT2D eigenvalue weighted by Crippen LogP contribution is 2.12. The lowest BCUT2D eigenvalue weighted by Gasteiger charge is -2.09. The Kier molecular flexibility index (Phi) is 5.78. The number of carbonyl (C=O) groups is 1. The molecule has 0 aliphatic carbocycles. The predicted molar refractivity (Wildman–Crippen MR) is 74.7 cm³/mol. The Labute approximate surface area is 109 Å². The molecular formula is C14H23N3O. The molecule has 2 N–H and O–H groups in total. The van der Waals surface area contributed by atoms with Crippen molar-refractivity contribution >= 4 is 11.6 Å². The summed E-state index contributed by atoms with van der Waals surface area (Å²) in [7, 11) is 0. The summed E-state index contributed by atoms with van der Waals surface area (Å²) in [6.45, 7) is 8.91. The Morgan fingerprint density at radius 1 is 1.33 bits per heavy atom. The highest BCUT2D eigenvalue weighted by Gasteiger charge is 2.05. The van der Waals surface area contributed by atoms with Gasteiger partial charge in [0.05, 0.1) is 11.4 Å². The molecule has 4 heteroatoms. The van der Waals surface area contributed by atoms with Crippen LogP contribution in [0.15, 0.2) is 12.1 Å². The average Bonchev–Trinajstić information content (AvgIpc) is 2.28. The predicted octanol–water partition coefficient (Wildman–Crippen LogP) is 2.42. The molecule has 18 heavy (non-hydrogen) atoms. The van der Waals surface area contributed by atoms with E-state index in [-0.39, 0.29) is 5.91 Å². The van der Waals surface area contributed by atoms with Crippen LogP contribution in [0.3, 0.4) is 0 Å². The van der Waals surface area contributed by atoms with Crippen LogP contribution in [0.25, 0.3) is 0 Å². The number of pyridine rings is 1. The summed E-state index contributed by atoms with van der Waals surface area (Å²) in [6, 6.07) is 4.28. The summed E-state index contributed by atoms with van der Waals surface area (Å²) in [6.07, 6.45) is 1.38. The molecule has 0 saturated carbocycles. The van der Waals surface area contributed by atoms with E-state index in [4.69, 9.17) is 0 Å². The topological polar surface area (TPSA) is 54.0 Å². The molecule has 1 rings (SSSR count). The number of nitrogens with zero attached hydrogens (tertiary/aromatic N) is 1. The largest absolute Gasteiger partial charge is 0.325 e. The molecule has 100 valence electrons. The van der Waals surface area contributed by atoms with Crippen LogP contribution < -0.4 is 10.6 Å². The number of carbonyl (C=O) groups excluding carboxylic acids is 1. The molecule has 0 spiro atoms. The zero-order valence-corrected chi connectivity index (χ0v) is 11.7. The van der Waals surface area contributed by atoms with E-state index in [0.29, 0.717) is 12.5 Å². The van der Waals surface area contributed by atoms with Crippen molar-refractivity contribution < 1.29 is 4.79 Å². The van der Waals surface area contributed by atoms with Gasteiger partial charge in [-0.25, -0.2) is 0 Å². The van der Waals surface area contributed by atoms with Crippen LogP contribution in [0.1, 0.15) is 38.1 Å². The quantitative estimate of drug-likeness (QED) is 0.761. The van der Waals surface area contributed by atoms with E-state index in [1.807, 2.05) is 26.0 Å². The van der Waals surface area contributed by atoms with Gasteiger partial charge in [0.1, 0.15) is 0 Å². The second kappa shape index (κ2) is 7.11. The molecule has 0 aliphatic heterocycles. The van der Waals surface area contributed by atoms with E-state index < -0.39 is 0 Å². The molecule has 0 unspecified atom stereocenters. The van der Waals surface area contributed by atoms with E-state index in [2.05, 4.69) is 29.5 Å². The van der Waals surface area contributed by atoms with Crippen molar-refractivity contribution in [1.29, 1.82) is 0 Å². The summed E-state index contributed by atoms with van der Waals surface area (Å²) in [5.74, 6) is 0.0503. The fourth-order valence-corrected chi connectivity index (χ4v) is 1.67. The summed E-state index contributed by atoms with van der Waals surface area (Å²) in [5, 5.41) is 6.19. The molecule has 0 aromatic carbocycles. The fourth-order valence-electron chi connectivity index (χ4n) is 1.67.